The SMILES string of the molecule is CCCCC(C(=O)NC1S[C@@H]2CC(=O)N2C(C(=O)O)=C1COC(C)=O)c1csc(NC(=O)OC(C)(C)C)n1. The van der Waals surface area contributed by atoms with Crippen LogP contribution in [0.25, 0.3) is 0 Å². The normalized spacial score (nSPS) is 19.7. The molecule has 208 valence electrons. The third kappa shape index (κ3) is 7.25. The van der Waals surface area contributed by atoms with Crippen molar-refractivity contribution in [1.29, 1.82) is 0 Å². The lowest BCUT2D eigenvalue weighted by Crippen LogP contribution is -2.58. The lowest BCUT2D eigenvalue weighted by atomic mass is 9.98. The van der Waals surface area contributed by atoms with Gasteiger partial charge < -0.3 is 19.9 Å². The van der Waals surface area contributed by atoms with Gasteiger partial charge in [0.05, 0.1) is 23.4 Å². The zero-order valence-corrected chi connectivity index (χ0v) is 23.5. The van der Waals surface area contributed by atoms with Crippen LogP contribution in [0.4, 0.5) is 9.93 Å². The summed E-state index contributed by atoms with van der Waals surface area (Å²) in [5.74, 6) is -3.38. The Morgan fingerprint density at radius 3 is 2.58 bits per heavy atom. The average Bonchev–Trinajstić information content (AvgIpc) is 3.23. The molecule has 1 aromatic heterocycles. The minimum atomic E-state index is -1.34. The number of anilines is 1. The van der Waals surface area contributed by atoms with Gasteiger partial charge in [0.15, 0.2) is 5.13 Å². The van der Waals surface area contributed by atoms with Gasteiger partial charge in [0.1, 0.15) is 23.3 Å². The zero-order valence-electron chi connectivity index (χ0n) is 21.9. The number of aromatic nitrogens is 1. The average molecular weight is 569 g/mol. The summed E-state index contributed by atoms with van der Waals surface area (Å²) in [6, 6.07) is 0. The van der Waals surface area contributed by atoms with Gasteiger partial charge in [0.25, 0.3) is 0 Å². The van der Waals surface area contributed by atoms with Crippen molar-refractivity contribution >= 4 is 58.1 Å². The van der Waals surface area contributed by atoms with Gasteiger partial charge in [0.2, 0.25) is 11.8 Å². The number of thioether (sulfide) groups is 1. The second-order valence-electron chi connectivity index (χ2n) is 9.81. The zero-order chi connectivity index (χ0) is 28.2. The number of thiazole rings is 1. The molecule has 0 aromatic carbocycles. The smallest absolute Gasteiger partial charge is 0.413 e. The maximum atomic E-state index is 13.5. The van der Waals surface area contributed by atoms with E-state index >= 15 is 0 Å². The van der Waals surface area contributed by atoms with Crippen molar-refractivity contribution in [2.24, 2.45) is 0 Å². The van der Waals surface area contributed by atoms with E-state index in [1.165, 1.54) is 18.7 Å². The monoisotopic (exact) mass is 568 g/mol. The van der Waals surface area contributed by atoms with Gasteiger partial charge in [0, 0.05) is 17.9 Å². The molecular weight excluding hydrogens is 536 g/mol. The molecular formula is C24H32N4O8S2. The van der Waals surface area contributed by atoms with E-state index in [2.05, 4.69) is 15.6 Å². The summed E-state index contributed by atoms with van der Waals surface area (Å²) in [6.07, 6.45) is 1.50. The molecule has 38 heavy (non-hydrogen) atoms. The highest BCUT2D eigenvalue weighted by molar-refractivity contribution is 8.00. The first-order chi connectivity index (χ1) is 17.8. The number of carbonyl (C=O) groups excluding carboxylic acids is 4. The molecule has 2 unspecified atom stereocenters. The molecule has 1 saturated heterocycles. The standard InChI is InChI=1S/C24H32N4O8S2/c1-6-7-8-13(15-11-37-22(25-15)27-23(34)36-24(3,4)5)19(31)26-20-14(10-35-12(2)29)18(21(32)33)28-16(30)9-17(28)38-20/h11,13,17,20H,6-10H2,1-5H3,(H,26,31)(H,32,33)(H,25,27,34)/t13?,17-,20?/m1/s1. The highest BCUT2D eigenvalue weighted by atomic mass is 32.2. The quantitative estimate of drug-likeness (QED) is 0.281. The topological polar surface area (TPSA) is 164 Å². The van der Waals surface area contributed by atoms with Gasteiger partial charge in [-0.05, 0) is 27.2 Å². The minimum absolute atomic E-state index is 0.121. The second-order valence-corrected chi connectivity index (χ2v) is 12.0. The second kappa shape index (κ2) is 12.2. The lowest BCUT2D eigenvalue weighted by molar-refractivity contribution is -0.146. The Balaban J connectivity index is 1.84. The summed E-state index contributed by atoms with van der Waals surface area (Å²) in [7, 11) is 0. The summed E-state index contributed by atoms with van der Waals surface area (Å²) < 4.78 is 10.3. The van der Waals surface area contributed by atoms with Crippen LogP contribution in [-0.2, 0) is 28.7 Å². The number of unbranched alkanes of at least 4 members (excludes halogenated alkanes) is 1. The first-order valence-electron chi connectivity index (χ1n) is 12.1. The first kappa shape index (κ1) is 29.4. The van der Waals surface area contributed by atoms with Crippen LogP contribution in [0.3, 0.4) is 0 Å². The summed E-state index contributed by atoms with van der Waals surface area (Å²) in [5, 5.41) is 16.0. The number of aliphatic carboxylic acids is 1. The van der Waals surface area contributed by atoms with Crippen molar-refractivity contribution in [2.45, 2.75) is 82.6 Å². The van der Waals surface area contributed by atoms with Crippen LogP contribution >= 0.6 is 23.1 Å². The number of rotatable bonds is 10. The van der Waals surface area contributed by atoms with E-state index in [9.17, 15) is 29.1 Å². The molecule has 14 heteroatoms. The van der Waals surface area contributed by atoms with Gasteiger partial charge in [-0.25, -0.2) is 14.6 Å². The van der Waals surface area contributed by atoms with Crippen LogP contribution in [0.2, 0.25) is 0 Å². The molecule has 0 radical (unpaired) electrons. The molecule has 3 amide bonds. The van der Waals surface area contributed by atoms with E-state index in [0.717, 1.165) is 29.1 Å². The van der Waals surface area contributed by atoms with Crippen molar-refractivity contribution in [1.82, 2.24) is 15.2 Å². The molecule has 1 aromatic rings. The fraction of sp³-hybridized carbons (Fsp3) is 0.583. The maximum absolute atomic E-state index is 13.5. The van der Waals surface area contributed by atoms with Gasteiger partial charge >= 0.3 is 18.0 Å². The van der Waals surface area contributed by atoms with E-state index < -0.39 is 46.2 Å². The van der Waals surface area contributed by atoms with Gasteiger partial charge in [-0.15, -0.1) is 23.1 Å². The van der Waals surface area contributed by atoms with Crippen LogP contribution in [0.1, 0.15) is 71.9 Å². The Kier molecular flexibility index (Phi) is 9.41. The number of carboxylic acids is 1. The fourth-order valence-electron chi connectivity index (χ4n) is 3.91. The van der Waals surface area contributed by atoms with Crippen molar-refractivity contribution in [3.05, 3.63) is 22.3 Å². The molecule has 1 fully saturated rings. The van der Waals surface area contributed by atoms with Gasteiger partial charge in [-0.1, -0.05) is 19.8 Å². The number of hydrogen-bond acceptors (Lipinski definition) is 10. The van der Waals surface area contributed by atoms with Crippen LogP contribution in [0.5, 0.6) is 0 Å². The molecule has 0 bridgehead atoms. The van der Waals surface area contributed by atoms with Crippen molar-refractivity contribution < 1.29 is 38.6 Å². The largest absolute Gasteiger partial charge is 0.477 e. The molecule has 0 spiro atoms. The summed E-state index contributed by atoms with van der Waals surface area (Å²) in [5.41, 5.74) is -0.385. The Bertz CT molecular complexity index is 1140. The highest BCUT2D eigenvalue weighted by Crippen LogP contribution is 2.43. The molecule has 3 N–H and O–H groups in total. The van der Waals surface area contributed by atoms with Crippen LogP contribution in [0.15, 0.2) is 16.7 Å². The van der Waals surface area contributed by atoms with Crippen molar-refractivity contribution in [3.63, 3.8) is 0 Å². The summed E-state index contributed by atoms with van der Waals surface area (Å²) >= 11 is 2.38. The Morgan fingerprint density at radius 2 is 2.00 bits per heavy atom. The predicted octanol–water partition coefficient (Wildman–Crippen LogP) is 3.41. The van der Waals surface area contributed by atoms with Crippen LogP contribution < -0.4 is 10.6 Å². The van der Waals surface area contributed by atoms with E-state index in [0.29, 0.717) is 12.1 Å². The molecule has 2 aliphatic rings. The summed E-state index contributed by atoms with van der Waals surface area (Å²) in [4.78, 5) is 66.9. The Hall–Kier alpha value is -3.13. The number of β-lactam (4-membered cyclic amide) rings is 1. The van der Waals surface area contributed by atoms with E-state index in [4.69, 9.17) is 9.47 Å². The number of carbonyl (C=O) groups is 5. The summed E-state index contributed by atoms with van der Waals surface area (Å²) in [6.45, 7) is 8.02. The van der Waals surface area contributed by atoms with Crippen LogP contribution in [-0.4, -0.2) is 67.8 Å². The third-order valence-corrected chi connectivity index (χ3v) is 7.76. The highest BCUT2D eigenvalue weighted by Gasteiger charge is 2.49. The van der Waals surface area contributed by atoms with E-state index in [1.807, 2.05) is 6.92 Å². The third-order valence-electron chi connectivity index (χ3n) is 5.62. The number of amides is 3. The number of carboxylic acid groups (broad SMARTS) is 1. The predicted molar refractivity (Wildman–Crippen MR) is 140 cm³/mol. The molecule has 3 heterocycles. The molecule has 12 nitrogen and oxygen atoms in total. The van der Waals surface area contributed by atoms with Crippen molar-refractivity contribution in [2.75, 3.05) is 11.9 Å². The number of hydrogen-bond donors (Lipinski definition) is 3. The Labute approximate surface area is 228 Å². The first-order valence-corrected chi connectivity index (χ1v) is 14.0. The fourth-order valence-corrected chi connectivity index (χ4v) is 6.09. The number of fused-ring (bicyclic) bond motifs is 1. The number of nitrogens with zero attached hydrogens (tertiary/aromatic N) is 2. The van der Waals surface area contributed by atoms with Crippen molar-refractivity contribution in [3.8, 4) is 0 Å². The molecule has 0 aliphatic carbocycles. The number of esters is 1. The minimum Gasteiger partial charge on any atom is -0.477 e. The number of ether oxygens (including phenoxy) is 2. The van der Waals surface area contributed by atoms with E-state index in [-0.39, 0.29) is 35.3 Å². The molecule has 3 atom stereocenters. The lowest BCUT2D eigenvalue weighted by Gasteiger charge is -2.46. The Morgan fingerprint density at radius 1 is 1.29 bits per heavy atom. The number of nitrogens with one attached hydrogen (secondary N) is 2. The molecule has 0 saturated carbocycles. The van der Waals surface area contributed by atoms with E-state index in [1.54, 1.807) is 26.2 Å². The molecule has 2 aliphatic heterocycles. The maximum Gasteiger partial charge on any atom is 0.413 e. The van der Waals surface area contributed by atoms with Gasteiger partial charge in [-0.3, -0.25) is 24.6 Å². The van der Waals surface area contributed by atoms with Gasteiger partial charge in [-0.2, -0.15) is 0 Å². The van der Waals surface area contributed by atoms with Crippen LogP contribution in [0, 0.1) is 0 Å². The molecule has 3 rings (SSSR count).